The molecule has 0 unspecified atom stereocenters. The van der Waals surface area contributed by atoms with Crippen LogP contribution in [0.2, 0.25) is 0 Å². The number of sulfonamides is 1. The fourth-order valence-electron chi connectivity index (χ4n) is 2.09. The molecule has 0 spiro atoms. The van der Waals surface area contributed by atoms with Crippen LogP contribution in [0, 0.1) is 0 Å². The highest BCUT2D eigenvalue weighted by atomic mass is 32.2. The van der Waals surface area contributed by atoms with Gasteiger partial charge in [0.05, 0.1) is 12.4 Å². The Morgan fingerprint density at radius 3 is 2.10 bits per heavy atom. The molecular formula is C13H25N5O2S. The van der Waals surface area contributed by atoms with Crippen molar-refractivity contribution in [3.05, 3.63) is 12.4 Å². The lowest BCUT2D eigenvalue weighted by atomic mass is 10.2. The third-order valence-electron chi connectivity index (χ3n) is 3.15. The van der Waals surface area contributed by atoms with Crippen molar-refractivity contribution in [2.45, 2.75) is 44.7 Å². The molecule has 2 N–H and O–H groups in total. The van der Waals surface area contributed by atoms with Crippen LogP contribution < -0.4 is 10.0 Å². The van der Waals surface area contributed by atoms with Crippen molar-refractivity contribution in [2.75, 3.05) is 25.5 Å². The van der Waals surface area contributed by atoms with Gasteiger partial charge in [-0.15, -0.1) is 0 Å². The fraction of sp³-hybridized carbons (Fsp3) is 0.692. The molecule has 0 fully saturated rings. The van der Waals surface area contributed by atoms with Crippen LogP contribution in [-0.4, -0.2) is 55.5 Å². The Bertz CT molecular complexity index is 520. The predicted molar refractivity (Wildman–Crippen MR) is 83.7 cm³/mol. The van der Waals surface area contributed by atoms with Crippen molar-refractivity contribution in [2.24, 2.45) is 0 Å². The first-order valence-corrected chi connectivity index (χ1v) is 8.51. The molecule has 120 valence electrons. The van der Waals surface area contributed by atoms with Crippen LogP contribution in [0.25, 0.3) is 0 Å². The SMILES string of the molecule is CNc1ncc(S(=O)(=O)NCCN(C(C)C)C(C)C)cn1. The lowest BCUT2D eigenvalue weighted by molar-refractivity contribution is 0.179. The number of anilines is 1. The highest BCUT2D eigenvalue weighted by molar-refractivity contribution is 7.89. The monoisotopic (exact) mass is 315 g/mol. The smallest absolute Gasteiger partial charge is 0.243 e. The van der Waals surface area contributed by atoms with Crippen molar-refractivity contribution in [1.29, 1.82) is 0 Å². The van der Waals surface area contributed by atoms with Crippen molar-refractivity contribution in [1.82, 2.24) is 19.6 Å². The van der Waals surface area contributed by atoms with Gasteiger partial charge in [-0.1, -0.05) is 0 Å². The molecule has 0 aliphatic carbocycles. The van der Waals surface area contributed by atoms with Crippen molar-refractivity contribution < 1.29 is 8.42 Å². The van der Waals surface area contributed by atoms with E-state index in [4.69, 9.17) is 0 Å². The number of nitrogens with one attached hydrogen (secondary N) is 2. The first-order chi connectivity index (χ1) is 9.77. The second-order valence-electron chi connectivity index (χ2n) is 5.32. The maximum atomic E-state index is 12.1. The van der Waals surface area contributed by atoms with Crippen LogP contribution in [0.5, 0.6) is 0 Å². The van der Waals surface area contributed by atoms with Crippen LogP contribution in [0.4, 0.5) is 5.95 Å². The van der Waals surface area contributed by atoms with Gasteiger partial charge in [0.15, 0.2) is 0 Å². The summed E-state index contributed by atoms with van der Waals surface area (Å²) in [6.45, 7) is 9.39. The normalized spacial score (nSPS) is 12.4. The molecule has 0 saturated carbocycles. The lowest BCUT2D eigenvalue weighted by Gasteiger charge is -2.30. The Morgan fingerprint density at radius 2 is 1.67 bits per heavy atom. The second-order valence-corrected chi connectivity index (χ2v) is 7.08. The zero-order valence-corrected chi connectivity index (χ0v) is 14.1. The van der Waals surface area contributed by atoms with Crippen LogP contribution in [0.3, 0.4) is 0 Å². The van der Waals surface area contributed by atoms with Gasteiger partial charge in [-0.25, -0.2) is 23.1 Å². The van der Waals surface area contributed by atoms with Crippen LogP contribution in [0.1, 0.15) is 27.7 Å². The lowest BCUT2D eigenvalue weighted by Crippen LogP contribution is -2.42. The highest BCUT2D eigenvalue weighted by Crippen LogP contribution is 2.08. The predicted octanol–water partition coefficient (Wildman–Crippen LogP) is 0.915. The average molecular weight is 315 g/mol. The maximum absolute atomic E-state index is 12.1. The van der Waals surface area contributed by atoms with Gasteiger partial charge in [0.25, 0.3) is 0 Å². The largest absolute Gasteiger partial charge is 0.357 e. The summed E-state index contributed by atoms with van der Waals surface area (Å²) in [5.74, 6) is 0.389. The minimum Gasteiger partial charge on any atom is -0.357 e. The van der Waals surface area contributed by atoms with E-state index in [0.717, 1.165) is 0 Å². The number of nitrogens with zero attached hydrogens (tertiary/aromatic N) is 3. The molecule has 1 aromatic heterocycles. The molecule has 0 aliphatic heterocycles. The minimum atomic E-state index is -3.56. The second kappa shape index (κ2) is 7.67. The summed E-state index contributed by atoms with van der Waals surface area (Å²) in [5, 5.41) is 2.74. The Morgan fingerprint density at radius 1 is 1.14 bits per heavy atom. The van der Waals surface area contributed by atoms with Gasteiger partial charge >= 0.3 is 0 Å². The molecule has 0 radical (unpaired) electrons. The van der Waals surface area contributed by atoms with Gasteiger partial charge in [0.2, 0.25) is 16.0 Å². The summed E-state index contributed by atoms with van der Waals surface area (Å²) >= 11 is 0. The highest BCUT2D eigenvalue weighted by Gasteiger charge is 2.17. The van der Waals surface area contributed by atoms with Crippen molar-refractivity contribution >= 4 is 16.0 Å². The fourth-order valence-corrected chi connectivity index (χ4v) is 3.00. The molecule has 1 heterocycles. The Kier molecular flexibility index (Phi) is 6.50. The minimum absolute atomic E-state index is 0.0714. The summed E-state index contributed by atoms with van der Waals surface area (Å²) < 4.78 is 26.8. The summed E-state index contributed by atoms with van der Waals surface area (Å²) in [6, 6.07) is 0.737. The van der Waals surface area contributed by atoms with E-state index in [-0.39, 0.29) is 4.90 Å². The zero-order valence-electron chi connectivity index (χ0n) is 13.3. The molecule has 1 aromatic rings. The molecule has 0 aromatic carbocycles. The van der Waals surface area contributed by atoms with Crippen LogP contribution >= 0.6 is 0 Å². The van der Waals surface area contributed by atoms with Gasteiger partial charge in [0.1, 0.15) is 4.90 Å². The van der Waals surface area contributed by atoms with Gasteiger partial charge < -0.3 is 5.32 Å². The maximum Gasteiger partial charge on any atom is 0.243 e. The summed E-state index contributed by atoms with van der Waals surface area (Å²) in [4.78, 5) is 10.1. The van der Waals surface area contributed by atoms with E-state index in [9.17, 15) is 8.42 Å². The summed E-state index contributed by atoms with van der Waals surface area (Å²) in [6.07, 6.45) is 2.59. The van der Waals surface area contributed by atoms with Crippen LogP contribution in [0.15, 0.2) is 17.3 Å². The Labute approximate surface area is 127 Å². The van der Waals surface area contributed by atoms with Crippen molar-refractivity contribution in [3.63, 3.8) is 0 Å². The van der Waals surface area contributed by atoms with E-state index in [2.05, 4.69) is 52.6 Å². The van der Waals surface area contributed by atoms with Gasteiger partial charge in [-0.2, -0.15) is 0 Å². The van der Waals surface area contributed by atoms with E-state index in [1.165, 1.54) is 12.4 Å². The third kappa shape index (κ3) is 5.22. The quantitative estimate of drug-likeness (QED) is 0.741. The van der Waals surface area contributed by atoms with E-state index in [1.807, 2.05) is 0 Å². The molecule has 0 amide bonds. The number of hydrogen-bond acceptors (Lipinski definition) is 6. The van der Waals surface area contributed by atoms with E-state index in [0.29, 0.717) is 31.1 Å². The molecular weight excluding hydrogens is 290 g/mol. The van der Waals surface area contributed by atoms with Gasteiger partial charge in [0, 0.05) is 32.2 Å². The van der Waals surface area contributed by atoms with E-state index in [1.54, 1.807) is 7.05 Å². The van der Waals surface area contributed by atoms with Gasteiger partial charge in [-0.05, 0) is 27.7 Å². The molecule has 0 atom stereocenters. The first kappa shape index (κ1) is 17.8. The zero-order chi connectivity index (χ0) is 16.0. The third-order valence-corrected chi connectivity index (χ3v) is 4.57. The van der Waals surface area contributed by atoms with Crippen LogP contribution in [-0.2, 0) is 10.0 Å². The molecule has 21 heavy (non-hydrogen) atoms. The Hall–Kier alpha value is -1.25. The van der Waals surface area contributed by atoms with E-state index >= 15 is 0 Å². The number of aromatic nitrogens is 2. The number of hydrogen-bond donors (Lipinski definition) is 2. The standard InChI is InChI=1S/C13H25N5O2S/c1-10(2)18(11(3)4)7-6-17-21(19,20)12-8-15-13(14-5)16-9-12/h8-11,17H,6-7H2,1-5H3,(H,14,15,16). The first-order valence-electron chi connectivity index (χ1n) is 7.03. The van der Waals surface area contributed by atoms with E-state index < -0.39 is 10.0 Å². The summed E-state index contributed by atoms with van der Waals surface area (Å²) in [7, 11) is -1.89. The van der Waals surface area contributed by atoms with Crippen molar-refractivity contribution in [3.8, 4) is 0 Å². The summed E-state index contributed by atoms with van der Waals surface area (Å²) in [5.41, 5.74) is 0. The molecule has 1 rings (SSSR count). The average Bonchev–Trinajstić information content (AvgIpc) is 2.42. The Balaban J connectivity index is 2.64. The molecule has 0 saturated heterocycles. The molecule has 7 nitrogen and oxygen atoms in total. The number of rotatable bonds is 8. The molecule has 0 aliphatic rings. The van der Waals surface area contributed by atoms with Gasteiger partial charge in [-0.3, -0.25) is 4.90 Å². The molecule has 8 heteroatoms. The molecule has 0 bridgehead atoms. The topological polar surface area (TPSA) is 87.2 Å².